The number of nitrogens with zero attached hydrogens (tertiary/aromatic N) is 2. The second-order valence-electron chi connectivity index (χ2n) is 4.88. The van der Waals surface area contributed by atoms with Gasteiger partial charge in [0, 0.05) is 17.7 Å². The summed E-state index contributed by atoms with van der Waals surface area (Å²) in [5.41, 5.74) is 3.86. The van der Waals surface area contributed by atoms with Crippen LogP contribution in [0.3, 0.4) is 0 Å². The zero-order valence-electron chi connectivity index (χ0n) is 11.7. The monoisotopic (exact) mass is 275 g/mol. The molecule has 0 radical (unpaired) electrons. The Hall–Kier alpha value is -2.21. The van der Waals surface area contributed by atoms with Crippen LogP contribution in [-0.2, 0) is 0 Å². The Bertz CT molecular complexity index is 613. The van der Waals surface area contributed by atoms with Crippen LogP contribution in [0.4, 0.5) is 21.7 Å². The lowest BCUT2D eigenvalue weighted by atomic mass is 10.2. The third-order valence-electron chi connectivity index (χ3n) is 2.84. The first kappa shape index (κ1) is 14.2. The van der Waals surface area contributed by atoms with Gasteiger partial charge >= 0.3 is 0 Å². The number of halogens is 1. The second kappa shape index (κ2) is 5.83. The van der Waals surface area contributed by atoms with Gasteiger partial charge in [0.15, 0.2) is 0 Å². The van der Waals surface area contributed by atoms with E-state index < -0.39 is 0 Å². The van der Waals surface area contributed by atoms with Crippen LogP contribution in [-0.4, -0.2) is 9.97 Å². The van der Waals surface area contributed by atoms with Crippen molar-refractivity contribution in [2.24, 2.45) is 5.84 Å². The Morgan fingerprint density at radius 3 is 2.45 bits per heavy atom. The minimum Gasteiger partial charge on any atom is -0.340 e. The molecule has 0 unspecified atom stereocenters. The molecule has 0 aliphatic rings. The van der Waals surface area contributed by atoms with Crippen molar-refractivity contribution in [2.45, 2.75) is 26.7 Å². The SMILES string of the molecule is Cc1cc(Nc2cc(NN)nc(C(C)C)n2)ccc1F. The summed E-state index contributed by atoms with van der Waals surface area (Å²) in [6.07, 6.45) is 0. The molecule has 0 bridgehead atoms. The van der Waals surface area contributed by atoms with E-state index in [0.29, 0.717) is 23.0 Å². The molecule has 0 aliphatic carbocycles. The number of nitrogens with two attached hydrogens (primary N) is 1. The Morgan fingerprint density at radius 1 is 1.15 bits per heavy atom. The van der Waals surface area contributed by atoms with Gasteiger partial charge < -0.3 is 10.7 Å². The number of aromatic nitrogens is 2. The lowest BCUT2D eigenvalue weighted by Gasteiger charge is -2.12. The smallest absolute Gasteiger partial charge is 0.145 e. The molecule has 0 fully saturated rings. The predicted molar refractivity (Wildman–Crippen MR) is 78.4 cm³/mol. The van der Waals surface area contributed by atoms with E-state index in [0.717, 1.165) is 5.69 Å². The van der Waals surface area contributed by atoms with E-state index in [1.54, 1.807) is 25.1 Å². The number of hydrogen-bond donors (Lipinski definition) is 3. The molecule has 0 saturated heterocycles. The van der Waals surface area contributed by atoms with Crippen LogP contribution in [0.2, 0.25) is 0 Å². The summed E-state index contributed by atoms with van der Waals surface area (Å²) in [4.78, 5) is 8.69. The van der Waals surface area contributed by atoms with Gasteiger partial charge in [0.05, 0.1) is 0 Å². The molecule has 0 aliphatic heterocycles. The molecule has 2 rings (SSSR count). The number of nitrogen functional groups attached to an aromatic ring is 1. The van der Waals surface area contributed by atoms with Gasteiger partial charge in [-0.25, -0.2) is 20.2 Å². The minimum atomic E-state index is -0.231. The van der Waals surface area contributed by atoms with Gasteiger partial charge in [-0.1, -0.05) is 13.8 Å². The van der Waals surface area contributed by atoms with Crippen LogP contribution in [0.25, 0.3) is 0 Å². The number of benzene rings is 1. The average molecular weight is 275 g/mol. The molecule has 4 N–H and O–H groups in total. The van der Waals surface area contributed by atoms with Crippen LogP contribution in [0, 0.1) is 12.7 Å². The second-order valence-corrected chi connectivity index (χ2v) is 4.88. The van der Waals surface area contributed by atoms with Crippen molar-refractivity contribution in [3.05, 3.63) is 41.5 Å². The average Bonchev–Trinajstić information content (AvgIpc) is 2.42. The molecule has 20 heavy (non-hydrogen) atoms. The summed E-state index contributed by atoms with van der Waals surface area (Å²) in [7, 11) is 0. The van der Waals surface area contributed by atoms with Gasteiger partial charge in [-0.3, -0.25) is 0 Å². The number of anilines is 3. The van der Waals surface area contributed by atoms with E-state index in [1.807, 2.05) is 13.8 Å². The molecule has 106 valence electrons. The van der Waals surface area contributed by atoms with Crippen molar-refractivity contribution >= 4 is 17.3 Å². The van der Waals surface area contributed by atoms with E-state index in [4.69, 9.17) is 5.84 Å². The third-order valence-corrected chi connectivity index (χ3v) is 2.84. The first-order valence-electron chi connectivity index (χ1n) is 6.38. The molecule has 0 amide bonds. The first-order chi connectivity index (χ1) is 9.49. The van der Waals surface area contributed by atoms with Crippen molar-refractivity contribution < 1.29 is 4.39 Å². The quantitative estimate of drug-likeness (QED) is 0.590. The van der Waals surface area contributed by atoms with E-state index in [1.165, 1.54) is 6.07 Å². The predicted octanol–water partition coefficient (Wildman–Crippen LogP) is 3.08. The summed E-state index contributed by atoms with van der Waals surface area (Å²) >= 11 is 0. The molecule has 1 aromatic heterocycles. The van der Waals surface area contributed by atoms with Gasteiger partial charge in [-0.2, -0.15) is 0 Å². The molecule has 0 spiro atoms. The lowest BCUT2D eigenvalue weighted by Crippen LogP contribution is -2.12. The first-order valence-corrected chi connectivity index (χ1v) is 6.38. The maximum absolute atomic E-state index is 13.2. The number of hydrogen-bond acceptors (Lipinski definition) is 5. The fraction of sp³-hybridized carbons (Fsp3) is 0.286. The molecule has 0 saturated carbocycles. The summed E-state index contributed by atoms with van der Waals surface area (Å²) in [5, 5.41) is 3.13. The molecule has 6 heteroatoms. The summed E-state index contributed by atoms with van der Waals surface area (Å²) in [6, 6.07) is 6.51. The van der Waals surface area contributed by atoms with Crippen LogP contribution >= 0.6 is 0 Å². The number of hydrazine groups is 1. The Labute approximate surface area is 117 Å². The summed E-state index contributed by atoms with van der Waals surface area (Å²) in [6.45, 7) is 5.72. The van der Waals surface area contributed by atoms with Crippen molar-refractivity contribution in [1.82, 2.24) is 9.97 Å². The van der Waals surface area contributed by atoms with Gasteiger partial charge in [-0.05, 0) is 30.7 Å². The van der Waals surface area contributed by atoms with Gasteiger partial charge in [-0.15, -0.1) is 0 Å². The van der Waals surface area contributed by atoms with Crippen LogP contribution in [0.15, 0.2) is 24.3 Å². The standard InChI is InChI=1S/C14H18FN5/c1-8(2)14-18-12(7-13(19-14)20-16)17-10-4-5-11(15)9(3)6-10/h4-8H,16H2,1-3H3,(H2,17,18,19,20). The highest BCUT2D eigenvalue weighted by atomic mass is 19.1. The molecular formula is C14H18FN5. The van der Waals surface area contributed by atoms with E-state index in [-0.39, 0.29) is 11.7 Å². The van der Waals surface area contributed by atoms with E-state index in [2.05, 4.69) is 20.7 Å². The molecule has 1 heterocycles. The summed E-state index contributed by atoms with van der Waals surface area (Å²) < 4.78 is 13.2. The highest BCUT2D eigenvalue weighted by Crippen LogP contribution is 2.21. The van der Waals surface area contributed by atoms with Gasteiger partial charge in [0.25, 0.3) is 0 Å². The Kier molecular flexibility index (Phi) is 4.14. The van der Waals surface area contributed by atoms with Gasteiger partial charge in [0.2, 0.25) is 0 Å². The van der Waals surface area contributed by atoms with Crippen molar-refractivity contribution in [3.8, 4) is 0 Å². The van der Waals surface area contributed by atoms with Crippen LogP contribution in [0.5, 0.6) is 0 Å². The fourth-order valence-corrected chi connectivity index (χ4v) is 1.73. The number of aryl methyl sites for hydroxylation is 1. The van der Waals surface area contributed by atoms with E-state index in [9.17, 15) is 4.39 Å². The minimum absolute atomic E-state index is 0.179. The topological polar surface area (TPSA) is 75.9 Å². The lowest BCUT2D eigenvalue weighted by molar-refractivity contribution is 0.619. The maximum atomic E-state index is 13.2. The number of rotatable bonds is 4. The van der Waals surface area contributed by atoms with Crippen molar-refractivity contribution in [3.63, 3.8) is 0 Å². The summed E-state index contributed by atoms with van der Waals surface area (Å²) in [5.74, 6) is 7.18. The largest absolute Gasteiger partial charge is 0.340 e. The molecule has 2 aromatic rings. The van der Waals surface area contributed by atoms with Crippen LogP contribution in [0.1, 0.15) is 31.2 Å². The highest BCUT2D eigenvalue weighted by Gasteiger charge is 2.08. The number of nitrogens with one attached hydrogen (secondary N) is 2. The van der Waals surface area contributed by atoms with E-state index >= 15 is 0 Å². The molecule has 1 aromatic carbocycles. The van der Waals surface area contributed by atoms with Crippen molar-refractivity contribution in [2.75, 3.05) is 10.7 Å². The normalized spacial score (nSPS) is 10.7. The third kappa shape index (κ3) is 3.21. The highest BCUT2D eigenvalue weighted by molar-refractivity contribution is 5.59. The molecule has 0 atom stereocenters. The molecule has 5 nitrogen and oxygen atoms in total. The zero-order valence-corrected chi connectivity index (χ0v) is 11.7. The fourth-order valence-electron chi connectivity index (χ4n) is 1.73. The van der Waals surface area contributed by atoms with Gasteiger partial charge in [0.1, 0.15) is 23.3 Å². The molecular weight excluding hydrogens is 257 g/mol. The van der Waals surface area contributed by atoms with Crippen LogP contribution < -0.4 is 16.6 Å². The Morgan fingerprint density at radius 2 is 1.85 bits per heavy atom. The Balaban J connectivity index is 2.32. The zero-order chi connectivity index (χ0) is 14.7. The maximum Gasteiger partial charge on any atom is 0.145 e. The van der Waals surface area contributed by atoms with Crippen molar-refractivity contribution in [1.29, 1.82) is 0 Å².